The molecule has 0 bridgehead atoms. The van der Waals surface area contributed by atoms with E-state index in [1.54, 1.807) is 12.1 Å². The van der Waals surface area contributed by atoms with Crippen LogP contribution in [0.3, 0.4) is 0 Å². The maximum atomic E-state index is 13.3. The second kappa shape index (κ2) is 5.61. The standard InChI is InChI=1S/C14H20FNO/c1-3-16-13(14-10(2)7-8-17-14)11-5-4-6-12(15)9-11/h4-6,9-10,13-14,16H,3,7-8H2,1-2H3. The van der Waals surface area contributed by atoms with Crippen LogP contribution in [0.5, 0.6) is 0 Å². The molecule has 0 amide bonds. The largest absolute Gasteiger partial charge is 0.376 e. The molecule has 3 heteroatoms. The van der Waals surface area contributed by atoms with Gasteiger partial charge in [-0.2, -0.15) is 0 Å². The Hall–Kier alpha value is -0.930. The Balaban J connectivity index is 2.22. The zero-order valence-corrected chi connectivity index (χ0v) is 10.4. The number of likely N-dealkylation sites (N-methyl/N-ethyl adjacent to an activating group) is 1. The molecule has 2 rings (SSSR count). The van der Waals surface area contributed by atoms with E-state index in [9.17, 15) is 4.39 Å². The topological polar surface area (TPSA) is 21.3 Å². The molecule has 1 aliphatic rings. The maximum absolute atomic E-state index is 13.3. The summed E-state index contributed by atoms with van der Waals surface area (Å²) in [5, 5.41) is 3.41. The van der Waals surface area contributed by atoms with E-state index in [2.05, 4.69) is 19.2 Å². The number of benzene rings is 1. The van der Waals surface area contributed by atoms with Gasteiger partial charge in [-0.15, -0.1) is 0 Å². The van der Waals surface area contributed by atoms with Crippen molar-refractivity contribution in [2.45, 2.75) is 32.4 Å². The van der Waals surface area contributed by atoms with Crippen molar-refractivity contribution in [1.82, 2.24) is 5.32 Å². The lowest BCUT2D eigenvalue weighted by Crippen LogP contribution is -2.34. The molecule has 0 aliphatic carbocycles. The van der Waals surface area contributed by atoms with Gasteiger partial charge in [-0.3, -0.25) is 0 Å². The molecule has 1 saturated heterocycles. The Morgan fingerprint density at radius 2 is 2.35 bits per heavy atom. The molecule has 1 aromatic carbocycles. The summed E-state index contributed by atoms with van der Waals surface area (Å²) in [6.07, 6.45) is 1.23. The smallest absolute Gasteiger partial charge is 0.123 e. The van der Waals surface area contributed by atoms with Crippen molar-refractivity contribution < 1.29 is 9.13 Å². The van der Waals surface area contributed by atoms with E-state index in [-0.39, 0.29) is 18.0 Å². The Labute approximate surface area is 102 Å². The summed E-state index contributed by atoms with van der Waals surface area (Å²) in [6, 6.07) is 6.89. The van der Waals surface area contributed by atoms with E-state index in [0.29, 0.717) is 5.92 Å². The molecule has 0 spiro atoms. The Morgan fingerprint density at radius 1 is 1.53 bits per heavy atom. The van der Waals surface area contributed by atoms with Gasteiger partial charge >= 0.3 is 0 Å². The summed E-state index contributed by atoms with van der Waals surface area (Å²) in [6.45, 7) is 5.92. The molecule has 3 atom stereocenters. The lowest BCUT2D eigenvalue weighted by Gasteiger charge is -2.27. The third kappa shape index (κ3) is 2.85. The van der Waals surface area contributed by atoms with Gasteiger partial charge in [0.25, 0.3) is 0 Å². The highest BCUT2D eigenvalue weighted by atomic mass is 19.1. The van der Waals surface area contributed by atoms with Gasteiger partial charge in [0.05, 0.1) is 12.1 Å². The van der Waals surface area contributed by atoms with Crippen molar-refractivity contribution in [2.75, 3.05) is 13.2 Å². The number of hydrogen-bond acceptors (Lipinski definition) is 2. The minimum absolute atomic E-state index is 0.0909. The monoisotopic (exact) mass is 237 g/mol. The first kappa shape index (κ1) is 12.5. The van der Waals surface area contributed by atoms with Crippen molar-refractivity contribution >= 4 is 0 Å². The molecule has 1 heterocycles. The molecular formula is C14H20FNO. The fraction of sp³-hybridized carbons (Fsp3) is 0.571. The van der Waals surface area contributed by atoms with Crippen LogP contribution >= 0.6 is 0 Å². The van der Waals surface area contributed by atoms with E-state index in [4.69, 9.17) is 4.74 Å². The van der Waals surface area contributed by atoms with Crippen molar-refractivity contribution in [1.29, 1.82) is 0 Å². The van der Waals surface area contributed by atoms with Crippen LogP contribution < -0.4 is 5.32 Å². The van der Waals surface area contributed by atoms with Gasteiger partial charge < -0.3 is 10.1 Å². The Bertz CT molecular complexity index is 369. The number of rotatable bonds is 4. The molecule has 1 aromatic rings. The van der Waals surface area contributed by atoms with Gasteiger partial charge in [-0.25, -0.2) is 4.39 Å². The SMILES string of the molecule is CCNC(c1cccc(F)c1)C1OCCC1C. The summed E-state index contributed by atoms with van der Waals surface area (Å²) >= 11 is 0. The highest BCUT2D eigenvalue weighted by Gasteiger charge is 2.32. The van der Waals surface area contributed by atoms with E-state index < -0.39 is 0 Å². The molecule has 0 aromatic heterocycles. The fourth-order valence-electron chi connectivity index (χ4n) is 2.49. The zero-order chi connectivity index (χ0) is 12.3. The van der Waals surface area contributed by atoms with Gasteiger partial charge in [-0.05, 0) is 36.6 Å². The average Bonchev–Trinajstić information content (AvgIpc) is 2.72. The number of nitrogens with one attached hydrogen (secondary N) is 1. The third-order valence-corrected chi connectivity index (χ3v) is 3.40. The van der Waals surface area contributed by atoms with Crippen molar-refractivity contribution in [3.63, 3.8) is 0 Å². The van der Waals surface area contributed by atoms with Crippen LogP contribution in [0.2, 0.25) is 0 Å². The maximum Gasteiger partial charge on any atom is 0.123 e. The van der Waals surface area contributed by atoms with E-state index in [0.717, 1.165) is 25.1 Å². The fourth-order valence-corrected chi connectivity index (χ4v) is 2.49. The molecule has 3 unspecified atom stereocenters. The number of halogens is 1. The van der Waals surface area contributed by atoms with Crippen LogP contribution in [0, 0.1) is 11.7 Å². The van der Waals surface area contributed by atoms with Crippen LogP contribution in [0.4, 0.5) is 4.39 Å². The second-order valence-corrected chi connectivity index (χ2v) is 4.69. The molecule has 1 aliphatic heterocycles. The van der Waals surface area contributed by atoms with E-state index in [1.165, 1.54) is 6.07 Å². The van der Waals surface area contributed by atoms with Crippen LogP contribution in [-0.2, 0) is 4.74 Å². The highest BCUT2D eigenvalue weighted by molar-refractivity contribution is 5.22. The van der Waals surface area contributed by atoms with Crippen LogP contribution in [0.1, 0.15) is 31.9 Å². The Kier molecular flexibility index (Phi) is 4.13. The van der Waals surface area contributed by atoms with Crippen LogP contribution in [0.15, 0.2) is 24.3 Å². The second-order valence-electron chi connectivity index (χ2n) is 4.69. The van der Waals surface area contributed by atoms with E-state index >= 15 is 0 Å². The van der Waals surface area contributed by atoms with Gasteiger partial charge in [0, 0.05) is 6.61 Å². The summed E-state index contributed by atoms with van der Waals surface area (Å²) in [4.78, 5) is 0. The summed E-state index contributed by atoms with van der Waals surface area (Å²) < 4.78 is 19.1. The summed E-state index contributed by atoms with van der Waals surface area (Å²) in [7, 11) is 0. The minimum atomic E-state index is -0.184. The quantitative estimate of drug-likeness (QED) is 0.869. The molecule has 2 nitrogen and oxygen atoms in total. The summed E-state index contributed by atoms with van der Waals surface area (Å²) in [5.74, 6) is 0.332. The number of hydrogen-bond donors (Lipinski definition) is 1. The summed E-state index contributed by atoms with van der Waals surface area (Å²) in [5.41, 5.74) is 0.977. The third-order valence-electron chi connectivity index (χ3n) is 3.40. The molecular weight excluding hydrogens is 217 g/mol. The predicted molar refractivity (Wildman–Crippen MR) is 66.3 cm³/mol. The molecule has 94 valence electrons. The molecule has 0 saturated carbocycles. The predicted octanol–water partition coefficient (Wildman–Crippen LogP) is 2.90. The molecule has 17 heavy (non-hydrogen) atoms. The van der Waals surface area contributed by atoms with Crippen molar-refractivity contribution in [2.24, 2.45) is 5.92 Å². The minimum Gasteiger partial charge on any atom is -0.376 e. The highest BCUT2D eigenvalue weighted by Crippen LogP contribution is 2.31. The van der Waals surface area contributed by atoms with Gasteiger partial charge in [-0.1, -0.05) is 26.0 Å². The van der Waals surface area contributed by atoms with Crippen LogP contribution in [-0.4, -0.2) is 19.3 Å². The average molecular weight is 237 g/mol. The lowest BCUT2D eigenvalue weighted by molar-refractivity contribution is 0.0611. The Morgan fingerprint density at radius 3 is 2.94 bits per heavy atom. The van der Waals surface area contributed by atoms with Gasteiger partial charge in [0.15, 0.2) is 0 Å². The van der Waals surface area contributed by atoms with Gasteiger partial charge in [0.2, 0.25) is 0 Å². The van der Waals surface area contributed by atoms with E-state index in [1.807, 2.05) is 6.07 Å². The van der Waals surface area contributed by atoms with Crippen molar-refractivity contribution in [3.8, 4) is 0 Å². The molecule has 1 N–H and O–H groups in total. The first-order valence-corrected chi connectivity index (χ1v) is 6.33. The first-order chi connectivity index (χ1) is 8.22. The van der Waals surface area contributed by atoms with Gasteiger partial charge in [0.1, 0.15) is 5.82 Å². The molecule has 1 fully saturated rings. The van der Waals surface area contributed by atoms with Crippen molar-refractivity contribution in [3.05, 3.63) is 35.6 Å². The number of ether oxygens (including phenoxy) is 1. The molecule has 0 radical (unpaired) electrons. The van der Waals surface area contributed by atoms with Crippen LogP contribution in [0.25, 0.3) is 0 Å². The normalized spacial score (nSPS) is 26.1. The zero-order valence-electron chi connectivity index (χ0n) is 10.4. The lowest BCUT2D eigenvalue weighted by atomic mass is 9.92. The first-order valence-electron chi connectivity index (χ1n) is 6.33.